The lowest BCUT2D eigenvalue weighted by Crippen LogP contribution is -2.39. The molecule has 0 saturated carbocycles. The average Bonchev–Trinajstić information content (AvgIpc) is 3.16. The van der Waals surface area contributed by atoms with Gasteiger partial charge in [0.05, 0.1) is 5.69 Å². The molecule has 1 fully saturated rings. The monoisotopic (exact) mass is 426 g/mol. The molecule has 32 heavy (non-hydrogen) atoms. The van der Waals surface area contributed by atoms with E-state index in [0.29, 0.717) is 12.0 Å². The van der Waals surface area contributed by atoms with Crippen molar-refractivity contribution in [3.63, 3.8) is 0 Å². The number of hydrogen-bond donors (Lipinski definition) is 0. The summed E-state index contributed by atoms with van der Waals surface area (Å²) in [5.74, 6) is 0.492. The summed E-state index contributed by atoms with van der Waals surface area (Å²) in [4.78, 5) is 22.1. The van der Waals surface area contributed by atoms with Crippen molar-refractivity contribution in [3.8, 4) is 0 Å². The predicted molar refractivity (Wildman–Crippen MR) is 129 cm³/mol. The van der Waals surface area contributed by atoms with Gasteiger partial charge in [-0.15, -0.1) is 0 Å². The number of carbonyl (C=O) groups excluding carboxylic acids is 1. The first-order valence-corrected chi connectivity index (χ1v) is 11.5. The van der Waals surface area contributed by atoms with Gasteiger partial charge in [-0.1, -0.05) is 18.2 Å². The van der Waals surface area contributed by atoms with Gasteiger partial charge in [0, 0.05) is 36.4 Å². The molecule has 0 atom stereocenters. The van der Waals surface area contributed by atoms with Gasteiger partial charge in [-0.3, -0.25) is 9.69 Å². The zero-order valence-corrected chi connectivity index (χ0v) is 19.0. The molecule has 5 rings (SSSR count). The molecule has 0 spiro atoms. The first-order chi connectivity index (χ1) is 15.5. The normalized spacial score (nSPS) is 24.4. The molecule has 2 aromatic heterocycles. The lowest BCUT2D eigenvalue weighted by atomic mass is 9.87. The zero-order valence-electron chi connectivity index (χ0n) is 19.0. The summed E-state index contributed by atoms with van der Waals surface area (Å²) >= 11 is 0. The fourth-order valence-electron chi connectivity index (χ4n) is 4.82. The molecular formula is C27H30N4O. The minimum atomic E-state index is -0.0148. The SMILES string of the molecule is Cc1cn2cc(C3=C\C(=O)N4C=C(C5CCN(C(C)C)CC5)C=C\C4=C/C=C/3)ccc2n1. The van der Waals surface area contributed by atoms with Gasteiger partial charge in [-0.05, 0) is 93.6 Å². The molecule has 0 bridgehead atoms. The highest BCUT2D eigenvalue weighted by Crippen LogP contribution is 2.31. The Balaban J connectivity index is 1.41. The van der Waals surface area contributed by atoms with Crippen LogP contribution in [0.15, 0.2) is 78.5 Å². The summed E-state index contributed by atoms with van der Waals surface area (Å²) in [5, 5.41) is 0. The van der Waals surface area contributed by atoms with Crippen LogP contribution in [0.5, 0.6) is 0 Å². The van der Waals surface area contributed by atoms with Crippen molar-refractivity contribution in [2.45, 2.75) is 39.7 Å². The van der Waals surface area contributed by atoms with Crippen molar-refractivity contribution in [2.24, 2.45) is 5.92 Å². The van der Waals surface area contributed by atoms with Crippen LogP contribution < -0.4 is 0 Å². The molecule has 164 valence electrons. The Hall–Kier alpha value is -3.18. The third kappa shape index (κ3) is 4.00. The number of amides is 1. The fourth-order valence-corrected chi connectivity index (χ4v) is 4.82. The lowest BCUT2D eigenvalue weighted by molar-refractivity contribution is -0.122. The summed E-state index contributed by atoms with van der Waals surface area (Å²) in [5.41, 5.74) is 5.94. The molecule has 0 N–H and O–H groups in total. The summed E-state index contributed by atoms with van der Waals surface area (Å²) in [6.07, 6.45) is 20.4. The van der Waals surface area contributed by atoms with Crippen molar-refractivity contribution in [1.29, 1.82) is 0 Å². The lowest BCUT2D eigenvalue weighted by Gasteiger charge is -2.36. The highest BCUT2D eigenvalue weighted by Gasteiger charge is 2.26. The second kappa shape index (κ2) is 8.40. The molecule has 2 aromatic rings. The van der Waals surface area contributed by atoms with Crippen LogP contribution in [0.2, 0.25) is 0 Å². The van der Waals surface area contributed by atoms with Gasteiger partial charge in [0.15, 0.2) is 0 Å². The Morgan fingerprint density at radius 2 is 1.88 bits per heavy atom. The summed E-state index contributed by atoms with van der Waals surface area (Å²) in [7, 11) is 0. The van der Waals surface area contributed by atoms with Gasteiger partial charge in [-0.25, -0.2) is 4.98 Å². The molecule has 5 nitrogen and oxygen atoms in total. The highest BCUT2D eigenvalue weighted by atomic mass is 16.2. The van der Waals surface area contributed by atoms with Crippen molar-refractivity contribution in [2.75, 3.05) is 13.1 Å². The van der Waals surface area contributed by atoms with Crippen LogP contribution in [-0.4, -0.2) is 44.2 Å². The van der Waals surface area contributed by atoms with E-state index < -0.39 is 0 Å². The van der Waals surface area contributed by atoms with Crippen LogP contribution in [0.1, 0.15) is 37.9 Å². The summed E-state index contributed by atoms with van der Waals surface area (Å²) < 4.78 is 2.01. The average molecular weight is 427 g/mol. The number of hydrogen-bond acceptors (Lipinski definition) is 3. The number of carbonyl (C=O) groups is 1. The van der Waals surface area contributed by atoms with E-state index in [2.05, 4.69) is 42.1 Å². The van der Waals surface area contributed by atoms with Gasteiger partial charge in [0.1, 0.15) is 5.65 Å². The minimum absolute atomic E-state index is 0.0148. The van der Waals surface area contributed by atoms with Gasteiger partial charge in [0.2, 0.25) is 0 Å². The number of nitrogens with zero attached hydrogens (tertiary/aromatic N) is 4. The van der Waals surface area contributed by atoms with E-state index in [1.165, 1.54) is 5.57 Å². The minimum Gasteiger partial charge on any atom is -0.306 e. The maximum absolute atomic E-state index is 13.3. The number of imidazole rings is 1. The second-order valence-electron chi connectivity index (χ2n) is 9.19. The Morgan fingerprint density at radius 3 is 2.66 bits per heavy atom. The number of rotatable bonds is 3. The van der Waals surface area contributed by atoms with E-state index in [0.717, 1.165) is 54.1 Å². The molecule has 0 unspecified atom stereocenters. The van der Waals surface area contributed by atoms with E-state index in [1.807, 2.05) is 54.1 Å². The number of aromatic nitrogens is 2. The standard InChI is InChI=1S/C27H30N4O/c1-19(2)29-13-11-21(12-14-29)24-7-9-25-6-4-5-22(15-27(32)31(25)18-24)23-8-10-26-28-20(3)16-30(26)17-23/h4-10,15-19,21H,11-14H2,1-3H3/b5-4+,22-15+,25-6+. The van der Waals surface area contributed by atoms with E-state index >= 15 is 0 Å². The van der Waals surface area contributed by atoms with E-state index in [4.69, 9.17) is 0 Å². The molecular weight excluding hydrogens is 396 g/mol. The van der Waals surface area contributed by atoms with Crippen molar-refractivity contribution < 1.29 is 4.79 Å². The van der Waals surface area contributed by atoms with E-state index in [9.17, 15) is 4.79 Å². The van der Waals surface area contributed by atoms with Gasteiger partial charge < -0.3 is 9.30 Å². The molecule has 3 aliphatic rings. The molecule has 0 aromatic carbocycles. The van der Waals surface area contributed by atoms with Crippen LogP contribution in [0, 0.1) is 12.8 Å². The Bertz CT molecular complexity index is 1200. The predicted octanol–water partition coefficient (Wildman–Crippen LogP) is 4.88. The Labute approximate surface area is 189 Å². The van der Waals surface area contributed by atoms with Crippen LogP contribution in [0.3, 0.4) is 0 Å². The highest BCUT2D eigenvalue weighted by molar-refractivity contribution is 5.99. The second-order valence-corrected chi connectivity index (χ2v) is 9.19. The fraction of sp³-hybridized carbons (Fsp3) is 0.333. The third-order valence-corrected chi connectivity index (χ3v) is 6.70. The van der Waals surface area contributed by atoms with Crippen LogP contribution in [-0.2, 0) is 4.79 Å². The van der Waals surface area contributed by atoms with Crippen molar-refractivity contribution >= 4 is 17.1 Å². The maximum Gasteiger partial charge on any atom is 0.255 e. The third-order valence-electron chi connectivity index (χ3n) is 6.70. The van der Waals surface area contributed by atoms with Gasteiger partial charge >= 0.3 is 0 Å². The Kier molecular flexibility index (Phi) is 5.43. The summed E-state index contributed by atoms with van der Waals surface area (Å²) in [6, 6.07) is 4.61. The van der Waals surface area contributed by atoms with Crippen LogP contribution in [0.4, 0.5) is 0 Å². The largest absolute Gasteiger partial charge is 0.306 e. The first-order valence-electron chi connectivity index (χ1n) is 11.5. The topological polar surface area (TPSA) is 40.9 Å². The quantitative estimate of drug-likeness (QED) is 0.702. The number of fused-ring (bicyclic) bond motifs is 2. The first kappa shape index (κ1) is 20.7. The molecule has 3 aliphatic heterocycles. The molecule has 0 radical (unpaired) electrons. The van der Waals surface area contributed by atoms with Gasteiger partial charge in [0.25, 0.3) is 5.91 Å². The number of piperidine rings is 1. The smallest absolute Gasteiger partial charge is 0.255 e. The Morgan fingerprint density at radius 1 is 1.06 bits per heavy atom. The zero-order chi connectivity index (χ0) is 22.2. The van der Waals surface area contributed by atoms with Crippen LogP contribution in [0.25, 0.3) is 11.2 Å². The number of pyridine rings is 1. The molecule has 1 saturated heterocycles. The van der Waals surface area contributed by atoms with Crippen LogP contribution >= 0.6 is 0 Å². The molecule has 5 heteroatoms. The number of allylic oxidation sites excluding steroid dienone is 7. The molecule has 1 amide bonds. The summed E-state index contributed by atoms with van der Waals surface area (Å²) in [6.45, 7) is 8.75. The molecule has 0 aliphatic carbocycles. The van der Waals surface area contributed by atoms with Crippen molar-refractivity contribution in [1.82, 2.24) is 19.2 Å². The van der Waals surface area contributed by atoms with E-state index in [-0.39, 0.29) is 5.91 Å². The number of likely N-dealkylation sites (tertiary alicyclic amines) is 1. The maximum atomic E-state index is 13.3. The molecule has 5 heterocycles. The van der Waals surface area contributed by atoms with Crippen molar-refractivity contribution in [3.05, 3.63) is 89.7 Å². The van der Waals surface area contributed by atoms with E-state index in [1.54, 1.807) is 11.0 Å². The number of aryl methyl sites for hydroxylation is 1. The van der Waals surface area contributed by atoms with Gasteiger partial charge in [-0.2, -0.15) is 0 Å².